The Morgan fingerprint density at radius 2 is 2.17 bits per heavy atom. The zero-order valence-electron chi connectivity index (χ0n) is 10.6. The summed E-state index contributed by atoms with van der Waals surface area (Å²) in [6.07, 6.45) is -4.20. The van der Waals surface area contributed by atoms with Crippen LogP contribution in [-0.4, -0.2) is 53.7 Å². The highest BCUT2D eigenvalue weighted by Gasteiger charge is 2.34. The van der Waals surface area contributed by atoms with E-state index in [0.717, 1.165) is 23.0 Å². The van der Waals surface area contributed by atoms with Crippen molar-refractivity contribution in [3.63, 3.8) is 0 Å². The molecule has 1 aliphatic rings. The lowest BCUT2D eigenvalue weighted by atomic mass is 10.2. The van der Waals surface area contributed by atoms with Crippen molar-refractivity contribution in [1.82, 2.24) is 10.2 Å². The summed E-state index contributed by atoms with van der Waals surface area (Å²) in [6, 6.07) is -0.443. The van der Waals surface area contributed by atoms with Crippen molar-refractivity contribution >= 4 is 17.7 Å². The number of hydrogen-bond acceptors (Lipinski definition) is 3. The smallest absolute Gasteiger partial charge is 0.331 e. The molecule has 1 aliphatic heterocycles. The topological polar surface area (TPSA) is 32.3 Å². The number of thioether (sulfide) groups is 1. The molecule has 18 heavy (non-hydrogen) atoms. The first-order valence-electron chi connectivity index (χ1n) is 5.97. The molecule has 0 aliphatic carbocycles. The molecule has 1 rings (SSSR count). The molecule has 1 saturated heterocycles. The molecule has 0 aromatic carbocycles. The minimum absolute atomic E-state index is 0.00858. The highest BCUT2D eigenvalue weighted by Crippen LogP contribution is 2.20. The Balaban J connectivity index is 2.53. The summed E-state index contributed by atoms with van der Waals surface area (Å²) < 4.78 is 37.2. The molecule has 1 heterocycles. The molecular weight excluding hydrogens is 265 g/mol. The summed E-state index contributed by atoms with van der Waals surface area (Å²) >= 11 is 1.72. The molecule has 0 bridgehead atoms. The van der Waals surface area contributed by atoms with Gasteiger partial charge in [-0.25, -0.2) is 0 Å². The van der Waals surface area contributed by atoms with E-state index in [1.807, 2.05) is 0 Å². The van der Waals surface area contributed by atoms with E-state index in [2.05, 4.69) is 5.32 Å². The van der Waals surface area contributed by atoms with Crippen LogP contribution in [0.5, 0.6) is 0 Å². The SMILES string of the molecule is CC(C)N(CC(F)(F)F)C(=O)CC1CSCCN1. The number of halogens is 3. The van der Waals surface area contributed by atoms with Crippen molar-refractivity contribution in [2.24, 2.45) is 0 Å². The van der Waals surface area contributed by atoms with Crippen LogP contribution in [0, 0.1) is 0 Å². The number of nitrogens with zero attached hydrogens (tertiary/aromatic N) is 1. The summed E-state index contributed by atoms with van der Waals surface area (Å²) in [7, 11) is 0. The van der Waals surface area contributed by atoms with Gasteiger partial charge in [-0.1, -0.05) is 0 Å². The standard InChI is InChI=1S/C11H19F3N2OS/c1-8(2)16(7-11(12,13)14)10(17)5-9-6-18-4-3-15-9/h8-9,15H,3-7H2,1-2H3. The molecule has 1 atom stereocenters. The van der Waals surface area contributed by atoms with Crippen LogP contribution in [0.15, 0.2) is 0 Å². The summed E-state index contributed by atoms with van der Waals surface area (Å²) in [4.78, 5) is 12.8. The van der Waals surface area contributed by atoms with E-state index in [9.17, 15) is 18.0 Å². The lowest BCUT2D eigenvalue weighted by Crippen LogP contribution is -2.47. The Morgan fingerprint density at radius 1 is 1.50 bits per heavy atom. The van der Waals surface area contributed by atoms with Crippen LogP contribution in [0.3, 0.4) is 0 Å². The van der Waals surface area contributed by atoms with Crippen molar-refractivity contribution < 1.29 is 18.0 Å². The first-order chi connectivity index (χ1) is 8.29. The first kappa shape index (κ1) is 15.6. The zero-order chi connectivity index (χ0) is 13.8. The maximum Gasteiger partial charge on any atom is 0.406 e. The van der Waals surface area contributed by atoms with E-state index < -0.39 is 24.7 Å². The third-order valence-electron chi connectivity index (χ3n) is 2.71. The molecule has 0 saturated carbocycles. The van der Waals surface area contributed by atoms with Crippen molar-refractivity contribution in [3.05, 3.63) is 0 Å². The van der Waals surface area contributed by atoms with E-state index in [4.69, 9.17) is 0 Å². The van der Waals surface area contributed by atoms with Gasteiger partial charge in [0.2, 0.25) is 5.91 Å². The number of nitrogens with one attached hydrogen (secondary N) is 1. The number of hydrogen-bond donors (Lipinski definition) is 1. The van der Waals surface area contributed by atoms with Gasteiger partial charge in [0.05, 0.1) is 0 Å². The monoisotopic (exact) mass is 284 g/mol. The Hall–Kier alpha value is -0.430. The summed E-state index contributed by atoms with van der Waals surface area (Å²) in [5.74, 6) is 1.34. The van der Waals surface area contributed by atoms with Crippen LogP contribution in [0.2, 0.25) is 0 Å². The molecule has 7 heteroatoms. The second kappa shape index (κ2) is 6.65. The molecular formula is C11H19F3N2OS. The first-order valence-corrected chi connectivity index (χ1v) is 7.12. The van der Waals surface area contributed by atoms with Gasteiger partial charge in [0.1, 0.15) is 6.54 Å². The van der Waals surface area contributed by atoms with Crippen LogP contribution < -0.4 is 5.32 Å². The van der Waals surface area contributed by atoms with Gasteiger partial charge in [-0.2, -0.15) is 24.9 Å². The van der Waals surface area contributed by atoms with Gasteiger partial charge in [-0.05, 0) is 13.8 Å². The Kier molecular flexibility index (Phi) is 5.78. The fourth-order valence-corrected chi connectivity index (χ4v) is 2.78. The van der Waals surface area contributed by atoms with Gasteiger partial charge >= 0.3 is 6.18 Å². The predicted octanol–water partition coefficient (Wildman–Crippen LogP) is 1.88. The van der Waals surface area contributed by atoms with Crippen LogP contribution in [0.25, 0.3) is 0 Å². The molecule has 3 nitrogen and oxygen atoms in total. The number of amides is 1. The lowest BCUT2D eigenvalue weighted by Gasteiger charge is -2.30. The van der Waals surface area contributed by atoms with Gasteiger partial charge in [0.15, 0.2) is 0 Å². The number of alkyl halides is 3. The summed E-state index contributed by atoms with van der Waals surface area (Å²) in [6.45, 7) is 2.85. The van der Waals surface area contributed by atoms with Crippen molar-refractivity contribution in [2.75, 3.05) is 24.6 Å². The van der Waals surface area contributed by atoms with E-state index in [1.54, 1.807) is 25.6 Å². The minimum atomic E-state index is -4.34. The molecule has 106 valence electrons. The van der Waals surface area contributed by atoms with Crippen molar-refractivity contribution in [3.8, 4) is 0 Å². The second-order valence-corrected chi connectivity index (χ2v) is 5.81. The van der Waals surface area contributed by atoms with E-state index >= 15 is 0 Å². The zero-order valence-corrected chi connectivity index (χ0v) is 11.4. The van der Waals surface area contributed by atoms with Gasteiger partial charge < -0.3 is 10.2 Å². The molecule has 0 radical (unpaired) electrons. The molecule has 1 amide bonds. The van der Waals surface area contributed by atoms with Crippen molar-refractivity contribution in [1.29, 1.82) is 0 Å². The second-order valence-electron chi connectivity index (χ2n) is 4.66. The number of carbonyl (C=O) groups is 1. The highest BCUT2D eigenvalue weighted by atomic mass is 32.2. The lowest BCUT2D eigenvalue weighted by molar-refractivity contribution is -0.164. The quantitative estimate of drug-likeness (QED) is 0.855. The van der Waals surface area contributed by atoms with Gasteiger partial charge in [-0.3, -0.25) is 4.79 Å². The molecule has 1 fully saturated rings. The maximum atomic E-state index is 12.4. The fourth-order valence-electron chi connectivity index (χ4n) is 1.83. The molecule has 0 aromatic heterocycles. The summed E-state index contributed by atoms with van der Waals surface area (Å²) in [5.41, 5.74) is 0. The third-order valence-corrected chi connectivity index (χ3v) is 3.84. The van der Waals surface area contributed by atoms with Crippen LogP contribution in [-0.2, 0) is 4.79 Å². The number of rotatable bonds is 4. The third kappa shape index (κ3) is 5.48. The Labute approximate surface area is 109 Å². The Bertz CT molecular complexity index is 278. The van der Waals surface area contributed by atoms with Gasteiger partial charge in [-0.15, -0.1) is 0 Å². The number of carbonyl (C=O) groups excluding carboxylic acids is 1. The predicted molar refractivity (Wildman–Crippen MR) is 66.6 cm³/mol. The van der Waals surface area contributed by atoms with Crippen LogP contribution in [0.1, 0.15) is 20.3 Å². The molecule has 1 N–H and O–H groups in total. The largest absolute Gasteiger partial charge is 0.406 e. The van der Waals surface area contributed by atoms with E-state index in [0.29, 0.717) is 0 Å². The van der Waals surface area contributed by atoms with Crippen LogP contribution in [0.4, 0.5) is 13.2 Å². The molecule has 0 spiro atoms. The highest BCUT2D eigenvalue weighted by molar-refractivity contribution is 7.99. The molecule has 0 aromatic rings. The normalized spacial score (nSPS) is 21.1. The van der Waals surface area contributed by atoms with E-state index in [1.165, 1.54) is 0 Å². The average Bonchev–Trinajstić information content (AvgIpc) is 2.25. The Morgan fingerprint density at radius 3 is 2.61 bits per heavy atom. The molecule has 1 unspecified atom stereocenters. The average molecular weight is 284 g/mol. The van der Waals surface area contributed by atoms with Crippen molar-refractivity contribution in [2.45, 2.75) is 38.5 Å². The van der Waals surface area contributed by atoms with E-state index in [-0.39, 0.29) is 12.5 Å². The fraction of sp³-hybridized carbons (Fsp3) is 0.909. The van der Waals surface area contributed by atoms with Gasteiger partial charge in [0, 0.05) is 36.6 Å². The van der Waals surface area contributed by atoms with Gasteiger partial charge in [0.25, 0.3) is 0 Å². The summed E-state index contributed by atoms with van der Waals surface area (Å²) in [5, 5.41) is 3.16. The van der Waals surface area contributed by atoms with Crippen LogP contribution >= 0.6 is 11.8 Å². The maximum absolute atomic E-state index is 12.4. The minimum Gasteiger partial charge on any atom is -0.331 e.